The Balaban J connectivity index is 1.96. The molecule has 0 saturated heterocycles. The molecule has 2 aromatic carbocycles. The number of hydrogen-bond acceptors (Lipinski definition) is 6. The molecular weight excluding hydrogens is 360 g/mol. The highest BCUT2D eigenvalue weighted by Crippen LogP contribution is 2.38. The highest BCUT2D eigenvalue weighted by atomic mass is 19.3. The van der Waals surface area contributed by atoms with E-state index in [1.165, 1.54) is 26.4 Å². The summed E-state index contributed by atoms with van der Waals surface area (Å²) in [7, 11) is 2.72. The Labute approximate surface area is 154 Å². The second-order valence-corrected chi connectivity index (χ2v) is 5.68. The first kappa shape index (κ1) is 18.6. The van der Waals surface area contributed by atoms with Gasteiger partial charge in [-0.2, -0.15) is 8.78 Å². The van der Waals surface area contributed by atoms with Crippen molar-refractivity contribution in [1.29, 1.82) is 0 Å². The van der Waals surface area contributed by atoms with Gasteiger partial charge in [-0.3, -0.25) is 0 Å². The van der Waals surface area contributed by atoms with E-state index in [0.717, 1.165) is 0 Å². The number of oxime groups is 1. The van der Waals surface area contributed by atoms with Crippen molar-refractivity contribution in [3.8, 4) is 11.5 Å². The van der Waals surface area contributed by atoms with Gasteiger partial charge < -0.3 is 19.0 Å². The Kier molecular flexibility index (Phi) is 5.54. The highest BCUT2D eigenvalue weighted by molar-refractivity contribution is 6.04. The minimum atomic E-state index is -2.94. The molecule has 8 heteroatoms. The Bertz CT molecular complexity index is 869. The summed E-state index contributed by atoms with van der Waals surface area (Å²) in [6.45, 7) is -2.94. The molecule has 0 fully saturated rings. The van der Waals surface area contributed by atoms with Crippen LogP contribution in [-0.2, 0) is 9.57 Å². The molecule has 0 aliphatic carbocycles. The Hall–Kier alpha value is -3.16. The van der Waals surface area contributed by atoms with E-state index in [-0.39, 0.29) is 5.75 Å². The number of benzene rings is 2. The summed E-state index contributed by atoms with van der Waals surface area (Å²) in [5.74, 6) is -0.153. The van der Waals surface area contributed by atoms with Crippen LogP contribution >= 0.6 is 0 Å². The number of rotatable bonds is 5. The second-order valence-electron chi connectivity index (χ2n) is 5.68. The molecular formula is C19H17F2NO5. The monoisotopic (exact) mass is 377 g/mol. The molecule has 1 atom stereocenters. The third-order valence-corrected chi connectivity index (χ3v) is 4.02. The van der Waals surface area contributed by atoms with E-state index in [1.54, 1.807) is 30.3 Å². The maximum atomic E-state index is 12.5. The predicted octanol–water partition coefficient (Wildman–Crippen LogP) is 3.95. The first-order chi connectivity index (χ1) is 13.0. The van der Waals surface area contributed by atoms with Crippen molar-refractivity contribution in [2.75, 3.05) is 14.2 Å². The third kappa shape index (κ3) is 4.16. The van der Waals surface area contributed by atoms with Gasteiger partial charge in [0, 0.05) is 18.1 Å². The number of methoxy groups -OCH3 is 1. The number of esters is 1. The Morgan fingerprint density at radius 1 is 1.22 bits per heavy atom. The van der Waals surface area contributed by atoms with E-state index < -0.39 is 18.7 Å². The normalized spacial score (nSPS) is 17.2. The van der Waals surface area contributed by atoms with Crippen molar-refractivity contribution < 1.29 is 32.6 Å². The van der Waals surface area contributed by atoms with Crippen molar-refractivity contribution in [3.63, 3.8) is 0 Å². The average molecular weight is 377 g/mol. The number of nitrogens with zero attached hydrogens (tertiary/aromatic N) is 1. The molecule has 1 aliphatic rings. The van der Waals surface area contributed by atoms with Crippen LogP contribution < -0.4 is 9.47 Å². The molecule has 142 valence electrons. The fourth-order valence-electron chi connectivity index (χ4n) is 2.86. The topological polar surface area (TPSA) is 66.4 Å². The summed E-state index contributed by atoms with van der Waals surface area (Å²) in [6, 6.07) is 11.2. The van der Waals surface area contributed by atoms with Crippen LogP contribution in [0.1, 0.15) is 34.0 Å². The van der Waals surface area contributed by atoms with Gasteiger partial charge in [-0.05, 0) is 29.8 Å². The van der Waals surface area contributed by atoms with Gasteiger partial charge in [-0.1, -0.05) is 17.3 Å². The summed E-state index contributed by atoms with van der Waals surface area (Å²) >= 11 is 0. The number of ether oxygens (including phenoxy) is 3. The first-order valence-electron chi connectivity index (χ1n) is 8.06. The van der Waals surface area contributed by atoms with Crippen molar-refractivity contribution >= 4 is 11.7 Å². The molecule has 0 aromatic heterocycles. The van der Waals surface area contributed by atoms with Gasteiger partial charge in [0.25, 0.3) is 0 Å². The van der Waals surface area contributed by atoms with Crippen molar-refractivity contribution in [2.24, 2.45) is 5.16 Å². The number of carbonyl (C=O) groups is 1. The van der Waals surface area contributed by atoms with E-state index in [9.17, 15) is 13.6 Å². The van der Waals surface area contributed by atoms with Crippen LogP contribution in [0.2, 0.25) is 0 Å². The first-order valence-corrected chi connectivity index (χ1v) is 8.06. The number of fused-ring (bicyclic) bond motifs is 1. The molecule has 0 bridgehead atoms. The molecule has 0 spiro atoms. The fourth-order valence-corrected chi connectivity index (χ4v) is 2.86. The molecule has 0 amide bonds. The third-order valence-electron chi connectivity index (χ3n) is 4.02. The molecule has 1 heterocycles. The average Bonchev–Trinajstić information content (AvgIpc) is 2.66. The zero-order valence-corrected chi connectivity index (χ0v) is 14.6. The second kappa shape index (κ2) is 8.03. The van der Waals surface area contributed by atoms with Crippen molar-refractivity contribution in [2.45, 2.75) is 19.1 Å². The zero-order chi connectivity index (χ0) is 19.4. The van der Waals surface area contributed by atoms with Gasteiger partial charge in [-0.25, -0.2) is 4.79 Å². The van der Waals surface area contributed by atoms with E-state index in [0.29, 0.717) is 34.6 Å². The summed E-state index contributed by atoms with van der Waals surface area (Å²) in [6.07, 6.45) is -0.113. The Morgan fingerprint density at radius 3 is 2.74 bits per heavy atom. The molecule has 0 N–H and O–H groups in total. The molecule has 3 rings (SSSR count). The summed E-state index contributed by atoms with van der Waals surface area (Å²) < 4.78 is 40.1. The SMILES string of the molecule is CO/N=C1\CC(c2cccc(C(=O)OC)c2)Oc2cc(OC(F)F)ccc21. The smallest absolute Gasteiger partial charge is 0.387 e. The maximum absolute atomic E-state index is 12.5. The van der Waals surface area contributed by atoms with Gasteiger partial charge in [-0.15, -0.1) is 0 Å². The summed E-state index contributed by atoms with van der Waals surface area (Å²) in [5.41, 5.74) is 2.31. The van der Waals surface area contributed by atoms with Crippen LogP contribution in [0, 0.1) is 0 Å². The van der Waals surface area contributed by atoms with E-state index in [1.807, 2.05) is 0 Å². The zero-order valence-electron chi connectivity index (χ0n) is 14.6. The van der Waals surface area contributed by atoms with E-state index in [2.05, 4.69) is 9.89 Å². The maximum Gasteiger partial charge on any atom is 0.387 e. The summed E-state index contributed by atoms with van der Waals surface area (Å²) in [4.78, 5) is 16.7. The Morgan fingerprint density at radius 2 is 2.04 bits per heavy atom. The van der Waals surface area contributed by atoms with Crippen LogP contribution in [0.15, 0.2) is 47.6 Å². The lowest BCUT2D eigenvalue weighted by Crippen LogP contribution is -2.21. The number of halogens is 2. The van der Waals surface area contributed by atoms with Gasteiger partial charge in [0.15, 0.2) is 0 Å². The molecule has 1 aliphatic heterocycles. The molecule has 0 radical (unpaired) electrons. The van der Waals surface area contributed by atoms with Gasteiger partial charge >= 0.3 is 12.6 Å². The predicted molar refractivity (Wildman–Crippen MR) is 92.4 cm³/mol. The number of alkyl halides is 2. The lowest BCUT2D eigenvalue weighted by atomic mass is 9.94. The van der Waals surface area contributed by atoms with Crippen molar-refractivity contribution in [1.82, 2.24) is 0 Å². The van der Waals surface area contributed by atoms with Crippen LogP contribution in [0.4, 0.5) is 8.78 Å². The fraction of sp³-hybridized carbons (Fsp3) is 0.263. The van der Waals surface area contributed by atoms with Crippen LogP contribution in [0.3, 0.4) is 0 Å². The molecule has 2 aromatic rings. The van der Waals surface area contributed by atoms with Crippen molar-refractivity contribution in [3.05, 3.63) is 59.2 Å². The van der Waals surface area contributed by atoms with Crippen LogP contribution in [0.5, 0.6) is 11.5 Å². The standard InChI is InChI=1S/C19H17F2NO5/c1-24-18(23)12-5-3-4-11(8-12)16-10-15(22-25-2)14-7-6-13(26-19(20)21)9-17(14)27-16/h3-9,16,19H,10H2,1-2H3/b22-15+. The highest BCUT2D eigenvalue weighted by Gasteiger charge is 2.28. The number of hydrogen-bond donors (Lipinski definition) is 0. The van der Waals surface area contributed by atoms with Gasteiger partial charge in [0.05, 0.1) is 18.4 Å². The molecule has 27 heavy (non-hydrogen) atoms. The quantitative estimate of drug-likeness (QED) is 0.583. The van der Waals surface area contributed by atoms with E-state index >= 15 is 0 Å². The largest absolute Gasteiger partial charge is 0.484 e. The lowest BCUT2D eigenvalue weighted by molar-refractivity contribution is -0.0500. The van der Waals surface area contributed by atoms with Crippen LogP contribution in [0.25, 0.3) is 0 Å². The van der Waals surface area contributed by atoms with Gasteiger partial charge in [0.2, 0.25) is 0 Å². The number of carbonyl (C=O) groups excluding carboxylic acids is 1. The van der Waals surface area contributed by atoms with E-state index in [4.69, 9.17) is 14.3 Å². The van der Waals surface area contributed by atoms with Crippen LogP contribution in [-0.4, -0.2) is 32.5 Å². The molecule has 6 nitrogen and oxygen atoms in total. The molecule has 0 saturated carbocycles. The van der Waals surface area contributed by atoms with Gasteiger partial charge in [0.1, 0.15) is 24.7 Å². The lowest BCUT2D eigenvalue weighted by Gasteiger charge is -2.27. The minimum absolute atomic E-state index is 0.0236. The summed E-state index contributed by atoms with van der Waals surface area (Å²) in [5, 5.41) is 4.02. The minimum Gasteiger partial charge on any atom is -0.484 e. The molecule has 1 unspecified atom stereocenters.